The van der Waals surface area contributed by atoms with E-state index >= 15 is 0 Å². The summed E-state index contributed by atoms with van der Waals surface area (Å²) >= 11 is 7.34. The molecule has 1 saturated heterocycles. The van der Waals surface area contributed by atoms with E-state index in [9.17, 15) is 13.6 Å². The normalized spacial score (nSPS) is 15.4. The third-order valence-corrected chi connectivity index (χ3v) is 6.87. The summed E-state index contributed by atoms with van der Waals surface area (Å²) in [6, 6.07) is 7.18. The van der Waals surface area contributed by atoms with E-state index in [1.165, 1.54) is 22.1 Å². The molecule has 184 valence electrons. The van der Waals surface area contributed by atoms with Gasteiger partial charge in [0, 0.05) is 37.3 Å². The van der Waals surface area contributed by atoms with E-state index < -0.39 is 13.0 Å². The fraction of sp³-hybridized carbons (Fsp3) is 0.500. The molecule has 0 unspecified atom stereocenters. The zero-order valence-electron chi connectivity index (χ0n) is 18.8. The van der Waals surface area contributed by atoms with Crippen molar-refractivity contribution in [2.75, 3.05) is 19.7 Å². The fourth-order valence-corrected chi connectivity index (χ4v) is 4.83. The highest BCUT2D eigenvalue weighted by atomic mass is 35.5. The lowest BCUT2D eigenvalue weighted by Crippen LogP contribution is -2.46. The van der Waals surface area contributed by atoms with Crippen molar-refractivity contribution in [3.63, 3.8) is 0 Å². The van der Waals surface area contributed by atoms with Crippen molar-refractivity contribution in [1.29, 1.82) is 0 Å². The Balaban J connectivity index is 1.48. The number of hydrogen-bond acceptors (Lipinski definition) is 7. The molecular weight excluding hydrogens is 488 g/mol. The molecule has 12 heteroatoms. The topological polar surface area (TPSA) is 85.4 Å². The van der Waals surface area contributed by atoms with E-state index in [-0.39, 0.29) is 30.1 Å². The molecule has 1 amide bonds. The SMILES string of the molecule is CC(C)N1CCC(NC(=O)c2cc(OCC(F)F)nn2Cc2cc(-c3ccc(Cl)s3)on2)CC1. The second kappa shape index (κ2) is 10.8. The van der Waals surface area contributed by atoms with Crippen molar-refractivity contribution in [3.8, 4) is 16.5 Å². The highest BCUT2D eigenvalue weighted by Gasteiger charge is 2.25. The van der Waals surface area contributed by atoms with E-state index in [0.717, 1.165) is 30.8 Å². The van der Waals surface area contributed by atoms with Crippen LogP contribution in [-0.2, 0) is 6.54 Å². The molecule has 1 aliphatic heterocycles. The van der Waals surface area contributed by atoms with Gasteiger partial charge >= 0.3 is 0 Å². The van der Waals surface area contributed by atoms with Crippen LogP contribution >= 0.6 is 22.9 Å². The summed E-state index contributed by atoms with van der Waals surface area (Å²) in [4.78, 5) is 16.3. The number of rotatable bonds is 9. The van der Waals surface area contributed by atoms with Crippen LogP contribution in [0.2, 0.25) is 4.34 Å². The summed E-state index contributed by atoms with van der Waals surface area (Å²) in [5.41, 5.74) is 0.724. The Hall–Kier alpha value is -2.50. The Morgan fingerprint density at radius 2 is 2.09 bits per heavy atom. The number of nitrogens with zero attached hydrogens (tertiary/aromatic N) is 4. The molecule has 0 atom stereocenters. The quantitative estimate of drug-likeness (QED) is 0.452. The number of nitrogens with one attached hydrogen (secondary N) is 1. The van der Waals surface area contributed by atoms with Crippen LogP contribution in [0.5, 0.6) is 5.88 Å². The number of carbonyl (C=O) groups excluding carboxylic acids is 1. The van der Waals surface area contributed by atoms with E-state index in [0.29, 0.717) is 21.8 Å². The van der Waals surface area contributed by atoms with Crippen molar-refractivity contribution in [3.05, 3.63) is 40.0 Å². The number of likely N-dealkylation sites (tertiary alicyclic amines) is 1. The van der Waals surface area contributed by atoms with Gasteiger partial charge in [-0.05, 0) is 38.8 Å². The van der Waals surface area contributed by atoms with Gasteiger partial charge in [-0.1, -0.05) is 16.8 Å². The van der Waals surface area contributed by atoms with Crippen molar-refractivity contribution in [2.24, 2.45) is 0 Å². The molecule has 3 aromatic heterocycles. The molecule has 1 fully saturated rings. The molecule has 1 aliphatic rings. The maximum absolute atomic E-state index is 13.1. The number of halogens is 3. The summed E-state index contributed by atoms with van der Waals surface area (Å²) in [5.74, 6) is 0.154. The van der Waals surface area contributed by atoms with E-state index in [2.05, 4.69) is 34.3 Å². The van der Waals surface area contributed by atoms with Gasteiger partial charge in [0.15, 0.2) is 12.4 Å². The Morgan fingerprint density at radius 1 is 1.32 bits per heavy atom. The molecule has 4 heterocycles. The Labute approximate surface area is 204 Å². The Morgan fingerprint density at radius 3 is 2.74 bits per heavy atom. The third-order valence-electron chi connectivity index (χ3n) is 5.63. The summed E-state index contributed by atoms with van der Waals surface area (Å²) in [7, 11) is 0. The smallest absolute Gasteiger partial charge is 0.272 e. The molecule has 8 nitrogen and oxygen atoms in total. The number of aromatic nitrogens is 3. The van der Waals surface area contributed by atoms with Gasteiger partial charge in [-0.25, -0.2) is 8.78 Å². The number of amides is 1. The lowest BCUT2D eigenvalue weighted by Gasteiger charge is -2.34. The number of hydrogen-bond donors (Lipinski definition) is 1. The zero-order valence-corrected chi connectivity index (χ0v) is 20.4. The van der Waals surface area contributed by atoms with Crippen LogP contribution in [0.4, 0.5) is 8.78 Å². The molecular formula is C22H26ClF2N5O3S. The Kier molecular flexibility index (Phi) is 7.84. The van der Waals surface area contributed by atoms with Crippen LogP contribution < -0.4 is 10.1 Å². The molecule has 0 bridgehead atoms. The number of carbonyl (C=O) groups is 1. The van der Waals surface area contributed by atoms with Gasteiger partial charge in [-0.2, -0.15) is 0 Å². The first-order chi connectivity index (χ1) is 16.3. The molecule has 3 aromatic rings. The van der Waals surface area contributed by atoms with Gasteiger partial charge in [0.25, 0.3) is 12.3 Å². The first-order valence-corrected chi connectivity index (χ1v) is 12.2. The van der Waals surface area contributed by atoms with E-state index in [1.54, 1.807) is 12.1 Å². The number of piperidine rings is 1. The van der Waals surface area contributed by atoms with Crippen molar-refractivity contribution < 1.29 is 22.8 Å². The first-order valence-electron chi connectivity index (χ1n) is 11.0. The van der Waals surface area contributed by atoms with Crippen LogP contribution in [0, 0.1) is 0 Å². The molecule has 0 radical (unpaired) electrons. The van der Waals surface area contributed by atoms with Crippen LogP contribution in [0.3, 0.4) is 0 Å². The van der Waals surface area contributed by atoms with Crippen molar-refractivity contribution in [1.82, 2.24) is 25.2 Å². The molecule has 34 heavy (non-hydrogen) atoms. The average Bonchev–Trinajstić information content (AvgIpc) is 3.53. The molecule has 4 rings (SSSR count). The molecule has 0 aromatic carbocycles. The van der Waals surface area contributed by atoms with Crippen LogP contribution in [0.15, 0.2) is 28.8 Å². The number of ether oxygens (including phenoxy) is 1. The van der Waals surface area contributed by atoms with Gasteiger partial charge in [0.1, 0.15) is 11.4 Å². The van der Waals surface area contributed by atoms with Gasteiger partial charge in [-0.3, -0.25) is 9.48 Å². The largest absolute Gasteiger partial charge is 0.471 e. The maximum atomic E-state index is 13.1. The van der Waals surface area contributed by atoms with Gasteiger partial charge < -0.3 is 19.5 Å². The monoisotopic (exact) mass is 513 g/mol. The predicted octanol–water partition coefficient (Wildman–Crippen LogP) is 4.55. The molecule has 1 N–H and O–H groups in total. The average molecular weight is 514 g/mol. The molecule has 0 saturated carbocycles. The molecule has 0 spiro atoms. The summed E-state index contributed by atoms with van der Waals surface area (Å²) in [5, 5.41) is 11.3. The summed E-state index contributed by atoms with van der Waals surface area (Å²) in [6.45, 7) is 5.41. The maximum Gasteiger partial charge on any atom is 0.272 e. The van der Waals surface area contributed by atoms with Gasteiger partial charge in [-0.15, -0.1) is 16.4 Å². The highest BCUT2D eigenvalue weighted by molar-refractivity contribution is 7.19. The van der Waals surface area contributed by atoms with Crippen LogP contribution in [-0.4, -0.2) is 63.9 Å². The second-order valence-electron chi connectivity index (χ2n) is 8.39. The number of thiophene rings is 1. The Bertz CT molecular complexity index is 1110. The van der Waals surface area contributed by atoms with E-state index in [1.807, 2.05) is 6.07 Å². The predicted molar refractivity (Wildman–Crippen MR) is 125 cm³/mol. The fourth-order valence-electron chi connectivity index (χ4n) is 3.84. The second-order valence-corrected chi connectivity index (χ2v) is 10.1. The van der Waals surface area contributed by atoms with Gasteiger partial charge in [0.05, 0.1) is 15.8 Å². The molecule has 0 aliphatic carbocycles. The van der Waals surface area contributed by atoms with Gasteiger partial charge in [0.2, 0.25) is 5.88 Å². The lowest BCUT2D eigenvalue weighted by atomic mass is 10.0. The minimum absolute atomic E-state index is 0.0264. The zero-order chi connectivity index (χ0) is 24.2. The minimum Gasteiger partial charge on any atom is -0.471 e. The minimum atomic E-state index is -2.65. The lowest BCUT2D eigenvalue weighted by molar-refractivity contribution is 0.0792. The third kappa shape index (κ3) is 6.13. The highest BCUT2D eigenvalue weighted by Crippen LogP contribution is 2.31. The summed E-state index contributed by atoms with van der Waals surface area (Å²) < 4.78 is 37.7. The van der Waals surface area contributed by atoms with Crippen LogP contribution in [0.25, 0.3) is 10.6 Å². The van der Waals surface area contributed by atoms with Crippen molar-refractivity contribution in [2.45, 2.75) is 51.7 Å². The first kappa shape index (κ1) is 24.6. The van der Waals surface area contributed by atoms with E-state index in [4.69, 9.17) is 20.9 Å². The standard InChI is InChI=1S/C22H26ClF2N5O3S/c1-13(2)29-7-5-14(6-8-29)26-22(31)16-10-21(32-12-20(24)25)27-30(16)11-15-9-17(33-28-15)18-3-4-19(23)34-18/h3-4,9-10,13-14,20H,5-8,11-12H2,1-2H3,(H,26,31). The number of alkyl halides is 2. The summed E-state index contributed by atoms with van der Waals surface area (Å²) in [6.07, 6.45) is -0.977. The van der Waals surface area contributed by atoms with Crippen molar-refractivity contribution >= 4 is 28.8 Å². The van der Waals surface area contributed by atoms with Crippen LogP contribution in [0.1, 0.15) is 42.9 Å².